The van der Waals surface area contributed by atoms with Crippen molar-refractivity contribution in [3.63, 3.8) is 0 Å². The van der Waals surface area contributed by atoms with Crippen LogP contribution in [0.1, 0.15) is 28.4 Å². The molecule has 148 valence electrons. The van der Waals surface area contributed by atoms with Crippen molar-refractivity contribution in [2.45, 2.75) is 26.5 Å². The van der Waals surface area contributed by atoms with Crippen LogP contribution in [0.5, 0.6) is 0 Å². The number of benzene rings is 2. The number of amides is 1. The Kier molecular flexibility index (Phi) is 6.79. The van der Waals surface area contributed by atoms with Gasteiger partial charge in [-0.1, -0.05) is 29.8 Å². The second-order valence-electron chi connectivity index (χ2n) is 7.14. The molecule has 6 nitrogen and oxygen atoms in total. The van der Waals surface area contributed by atoms with Gasteiger partial charge in [0.05, 0.1) is 18.8 Å². The summed E-state index contributed by atoms with van der Waals surface area (Å²) < 4.78 is 10.7. The van der Waals surface area contributed by atoms with Crippen molar-refractivity contribution in [3.8, 4) is 0 Å². The molecule has 28 heavy (non-hydrogen) atoms. The van der Waals surface area contributed by atoms with Gasteiger partial charge in [0.25, 0.3) is 5.91 Å². The number of morpholine rings is 1. The summed E-state index contributed by atoms with van der Waals surface area (Å²) in [6.45, 7) is 8.04. The first-order chi connectivity index (χ1) is 13.5. The normalized spacial score (nSPS) is 15.6. The zero-order valence-corrected chi connectivity index (χ0v) is 16.4. The zero-order chi connectivity index (χ0) is 19.9. The molecule has 0 unspecified atom stereocenters. The number of rotatable bonds is 6. The number of aryl methyl sites for hydroxylation is 1. The molecule has 1 aliphatic heterocycles. The zero-order valence-electron chi connectivity index (χ0n) is 16.4. The molecule has 2 aromatic carbocycles. The Labute approximate surface area is 165 Å². The average Bonchev–Trinajstić information content (AvgIpc) is 2.71. The number of hydrogen-bond acceptors (Lipinski definition) is 4. The summed E-state index contributed by atoms with van der Waals surface area (Å²) in [6, 6.07) is 14.8. The number of hydrogen-bond donors (Lipinski definition) is 2. The van der Waals surface area contributed by atoms with Crippen LogP contribution >= 0.6 is 0 Å². The van der Waals surface area contributed by atoms with Crippen molar-refractivity contribution in [1.82, 2.24) is 0 Å². The fourth-order valence-corrected chi connectivity index (χ4v) is 3.05. The minimum absolute atomic E-state index is 0.357. The van der Waals surface area contributed by atoms with Crippen LogP contribution < -0.4 is 10.2 Å². The molecular formula is C22H27N2O4+. The summed E-state index contributed by atoms with van der Waals surface area (Å²) in [5, 5.41) is 2.75. The van der Waals surface area contributed by atoms with Crippen molar-refractivity contribution < 1.29 is 24.0 Å². The fraction of sp³-hybridized carbons (Fsp3) is 0.364. The molecule has 2 N–H and O–H groups in total. The lowest BCUT2D eigenvalue weighted by molar-refractivity contribution is -0.921. The van der Waals surface area contributed by atoms with E-state index in [2.05, 4.69) is 5.32 Å². The standard InChI is InChI=1S/C22H26N2O4/c1-16-3-9-20(10-4-16)23-21(25)17(2)28-22(26)19-7-5-18(6-8-19)15-24-11-13-27-14-12-24/h3-10,17H,11-15H2,1-2H3,(H,23,25)/p+1/t17-/m0/s1. The topological polar surface area (TPSA) is 69.1 Å². The largest absolute Gasteiger partial charge is 0.449 e. The van der Waals surface area contributed by atoms with Gasteiger partial charge in [0.1, 0.15) is 19.6 Å². The molecule has 1 fully saturated rings. The van der Waals surface area contributed by atoms with Crippen LogP contribution in [0, 0.1) is 6.92 Å². The van der Waals surface area contributed by atoms with Crippen molar-refractivity contribution in [2.75, 3.05) is 31.6 Å². The van der Waals surface area contributed by atoms with E-state index in [0.29, 0.717) is 11.3 Å². The number of esters is 1. The predicted molar refractivity (Wildman–Crippen MR) is 106 cm³/mol. The van der Waals surface area contributed by atoms with Gasteiger partial charge in [-0.05, 0) is 38.1 Å². The Bertz CT molecular complexity index is 796. The summed E-state index contributed by atoms with van der Waals surface area (Å²) in [7, 11) is 0. The van der Waals surface area contributed by atoms with Crippen molar-refractivity contribution in [3.05, 3.63) is 65.2 Å². The summed E-state index contributed by atoms with van der Waals surface area (Å²) >= 11 is 0. The number of anilines is 1. The Hall–Kier alpha value is -2.70. The van der Waals surface area contributed by atoms with Gasteiger partial charge in [-0.15, -0.1) is 0 Å². The fourth-order valence-electron chi connectivity index (χ4n) is 3.05. The number of carbonyl (C=O) groups is 2. The molecule has 1 aliphatic rings. The lowest BCUT2D eigenvalue weighted by atomic mass is 10.1. The maximum Gasteiger partial charge on any atom is 0.338 e. The summed E-state index contributed by atoms with van der Waals surface area (Å²) in [6.07, 6.45) is -0.883. The first-order valence-electron chi connectivity index (χ1n) is 9.60. The monoisotopic (exact) mass is 383 g/mol. The van der Waals surface area contributed by atoms with Gasteiger partial charge < -0.3 is 19.7 Å². The van der Waals surface area contributed by atoms with E-state index in [0.717, 1.165) is 38.4 Å². The number of ether oxygens (including phenoxy) is 2. The Balaban J connectivity index is 1.51. The molecule has 0 bridgehead atoms. The van der Waals surface area contributed by atoms with E-state index in [9.17, 15) is 9.59 Å². The van der Waals surface area contributed by atoms with E-state index in [4.69, 9.17) is 9.47 Å². The molecule has 6 heteroatoms. The van der Waals surface area contributed by atoms with Crippen LogP contribution in [0.4, 0.5) is 5.69 Å². The van der Waals surface area contributed by atoms with E-state index < -0.39 is 12.1 Å². The molecule has 0 aromatic heterocycles. The molecule has 1 saturated heterocycles. The van der Waals surface area contributed by atoms with Crippen LogP contribution in [0.15, 0.2) is 48.5 Å². The van der Waals surface area contributed by atoms with Crippen LogP contribution in [-0.2, 0) is 20.8 Å². The molecule has 3 rings (SSSR count). The maximum absolute atomic E-state index is 12.3. The van der Waals surface area contributed by atoms with Crippen molar-refractivity contribution in [2.24, 2.45) is 0 Å². The highest BCUT2D eigenvalue weighted by Crippen LogP contribution is 2.11. The quantitative estimate of drug-likeness (QED) is 0.744. The Morgan fingerprint density at radius 2 is 1.71 bits per heavy atom. The van der Waals surface area contributed by atoms with Gasteiger partial charge in [0.2, 0.25) is 0 Å². The highest BCUT2D eigenvalue weighted by atomic mass is 16.5. The van der Waals surface area contributed by atoms with Gasteiger partial charge in [-0.25, -0.2) is 4.79 Å². The molecule has 0 radical (unpaired) electrons. The second-order valence-corrected chi connectivity index (χ2v) is 7.14. The minimum atomic E-state index is -0.883. The van der Waals surface area contributed by atoms with Gasteiger partial charge in [0, 0.05) is 11.3 Å². The molecule has 0 saturated carbocycles. The summed E-state index contributed by atoms with van der Waals surface area (Å²) in [4.78, 5) is 26.0. The SMILES string of the molecule is Cc1ccc(NC(=O)[C@H](C)OC(=O)c2ccc(C[NH+]3CCOCC3)cc2)cc1. The Morgan fingerprint density at radius 1 is 1.07 bits per heavy atom. The first-order valence-corrected chi connectivity index (χ1v) is 9.60. The van der Waals surface area contributed by atoms with Crippen molar-refractivity contribution >= 4 is 17.6 Å². The Morgan fingerprint density at radius 3 is 2.36 bits per heavy atom. The van der Waals surface area contributed by atoms with Crippen LogP contribution in [-0.4, -0.2) is 44.3 Å². The lowest BCUT2D eigenvalue weighted by Crippen LogP contribution is -3.12. The van der Waals surface area contributed by atoms with Gasteiger partial charge in [-0.3, -0.25) is 4.79 Å². The third-order valence-electron chi connectivity index (χ3n) is 4.82. The summed E-state index contributed by atoms with van der Waals surface area (Å²) in [5.74, 6) is -0.860. The highest BCUT2D eigenvalue weighted by molar-refractivity contribution is 5.97. The van der Waals surface area contributed by atoms with E-state index in [1.807, 2.05) is 43.3 Å². The minimum Gasteiger partial charge on any atom is -0.449 e. The molecule has 0 aliphatic carbocycles. The summed E-state index contributed by atoms with van der Waals surface area (Å²) in [5.41, 5.74) is 3.39. The van der Waals surface area contributed by atoms with E-state index >= 15 is 0 Å². The lowest BCUT2D eigenvalue weighted by Gasteiger charge is -2.23. The van der Waals surface area contributed by atoms with Crippen LogP contribution in [0.3, 0.4) is 0 Å². The van der Waals surface area contributed by atoms with Gasteiger partial charge in [0.15, 0.2) is 6.10 Å². The van der Waals surface area contributed by atoms with Crippen molar-refractivity contribution in [1.29, 1.82) is 0 Å². The predicted octanol–water partition coefficient (Wildman–Crippen LogP) is 1.59. The second kappa shape index (κ2) is 9.48. The van der Waals surface area contributed by atoms with Gasteiger partial charge in [-0.2, -0.15) is 0 Å². The maximum atomic E-state index is 12.3. The smallest absolute Gasteiger partial charge is 0.338 e. The molecular weight excluding hydrogens is 356 g/mol. The first kappa shape index (κ1) is 20.0. The number of carbonyl (C=O) groups excluding carboxylic acids is 2. The molecule has 1 amide bonds. The molecule has 2 aromatic rings. The van der Waals surface area contributed by atoms with Crippen LogP contribution in [0.25, 0.3) is 0 Å². The van der Waals surface area contributed by atoms with Gasteiger partial charge >= 0.3 is 5.97 Å². The molecule has 1 heterocycles. The molecule has 1 atom stereocenters. The van der Waals surface area contributed by atoms with E-state index in [1.165, 1.54) is 10.5 Å². The highest BCUT2D eigenvalue weighted by Gasteiger charge is 2.19. The third kappa shape index (κ3) is 5.65. The van der Waals surface area contributed by atoms with Crippen LogP contribution in [0.2, 0.25) is 0 Å². The average molecular weight is 383 g/mol. The van der Waals surface area contributed by atoms with E-state index in [-0.39, 0.29) is 5.91 Å². The number of nitrogens with one attached hydrogen (secondary N) is 2. The van der Waals surface area contributed by atoms with E-state index in [1.54, 1.807) is 19.1 Å². The molecule has 0 spiro atoms. The number of quaternary nitrogens is 1. The third-order valence-corrected chi connectivity index (χ3v) is 4.82.